The second-order valence-electron chi connectivity index (χ2n) is 26.1. The number of unbranched alkanes of at least 4 members (excludes halogenated alkanes) is 43. The molecule has 0 saturated heterocycles. The molecule has 90 heavy (non-hydrogen) atoms. The van der Waals surface area contributed by atoms with Crippen LogP contribution in [0.15, 0.2) is 0 Å². The van der Waals surface area contributed by atoms with Gasteiger partial charge in [-0.15, -0.1) is 0 Å². The number of carbonyl (C=O) groups is 4. The van der Waals surface area contributed by atoms with E-state index >= 15 is 0 Å². The largest absolute Gasteiger partial charge is 0.472 e. The zero-order chi connectivity index (χ0) is 66.3. The third-order valence-corrected chi connectivity index (χ3v) is 18.4. The van der Waals surface area contributed by atoms with Gasteiger partial charge in [-0.05, 0) is 31.6 Å². The van der Waals surface area contributed by atoms with Gasteiger partial charge in [-0.3, -0.25) is 37.3 Å². The molecule has 0 aliphatic heterocycles. The van der Waals surface area contributed by atoms with E-state index in [1.165, 1.54) is 193 Å². The van der Waals surface area contributed by atoms with Crippen LogP contribution in [-0.4, -0.2) is 96.7 Å². The summed E-state index contributed by atoms with van der Waals surface area (Å²) in [5.74, 6) is -1.35. The third-order valence-electron chi connectivity index (χ3n) is 16.5. The van der Waals surface area contributed by atoms with Crippen LogP contribution in [0.2, 0.25) is 0 Å². The maximum absolute atomic E-state index is 13.0. The Morgan fingerprint density at radius 1 is 0.300 bits per heavy atom. The molecule has 0 bridgehead atoms. The van der Waals surface area contributed by atoms with Crippen LogP contribution in [0, 0.1) is 5.92 Å². The van der Waals surface area contributed by atoms with E-state index in [2.05, 4.69) is 34.6 Å². The molecular weight excluding hydrogens is 1190 g/mol. The molecule has 2 unspecified atom stereocenters. The van der Waals surface area contributed by atoms with Crippen LogP contribution in [0.1, 0.15) is 369 Å². The summed E-state index contributed by atoms with van der Waals surface area (Å²) in [6.07, 6.45) is 51.1. The molecule has 0 aromatic heterocycles. The predicted molar refractivity (Wildman–Crippen MR) is 363 cm³/mol. The van der Waals surface area contributed by atoms with Crippen LogP contribution >= 0.6 is 15.6 Å². The van der Waals surface area contributed by atoms with Crippen molar-refractivity contribution < 1.29 is 80.2 Å². The first kappa shape index (κ1) is 88.1. The topological polar surface area (TPSA) is 237 Å². The van der Waals surface area contributed by atoms with Crippen molar-refractivity contribution in [2.24, 2.45) is 5.92 Å². The van der Waals surface area contributed by atoms with Crippen molar-refractivity contribution in [3.8, 4) is 0 Å². The van der Waals surface area contributed by atoms with Gasteiger partial charge < -0.3 is 33.8 Å². The minimum absolute atomic E-state index is 0.107. The number of phosphoric ester groups is 2. The monoisotopic (exact) mass is 1320 g/mol. The Morgan fingerprint density at radius 2 is 0.511 bits per heavy atom. The number of aliphatic hydroxyl groups is 1. The number of carbonyl (C=O) groups excluding carboxylic acids is 4. The van der Waals surface area contributed by atoms with E-state index < -0.39 is 97.5 Å². The van der Waals surface area contributed by atoms with Crippen LogP contribution in [-0.2, 0) is 65.4 Å². The van der Waals surface area contributed by atoms with Gasteiger partial charge in [-0.25, -0.2) is 9.13 Å². The molecule has 0 radical (unpaired) electrons. The van der Waals surface area contributed by atoms with Crippen LogP contribution in [0.5, 0.6) is 0 Å². The first-order valence-electron chi connectivity index (χ1n) is 37.1. The molecule has 0 aromatic carbocycles. The molecule has 0 aliphatic carbocycles. The number of phosphoric acid groups is 2. The van der Waals surface area contributed by atoms with Crippen molar-refractivity contribution in [2.45, 2.75) is 387 Å². The molecule has 3 N–H and O–H groups in total. The van der Waals surface area contributed by atoms with Crippen LogP contribution < -0.4 is 0 Å². The maximum atomic E-state index is 13.0. The van der Waals surface area contributed by atoms with E-state index in [1.54, 1.807) is 0 Å². The lowest BCUT2D eigenvalue weighted by atomic mass is 10.0. The van der Waals surface area contributed by atoms with E-state index in [1.807, 2.05) is 0 Å². The summed E-state index contributed by atoms with van der Waals surface area (Å²) in [5.41, 5.74) is 0. The first-order chi connectivity index (χ1) is 43.5. The van der Waals surface area contributed by atoms with E-state index in [0.717, 1.165) is 95.8 Å². The van der Waals surface area contributed by atoms with E-state index in [9.17, 15) is 43.2 Å². The second kappa shape index (κ2) is 64.4. The summed E-state index contributed by atoms with van der Waals surface area (Å²) < 4.78 is 68.3. The Hall–Kier alpha value is -1.94. The zero-order valence-corrected chi connectivity index (χ0v) is 60.1. The number of hydrogen-bond acceptors (Lipinski definition) is 15. The quantitative estimate of drug-likeness (QED) is 0.0222. The molecule has 17 nitrogen and oxygen atoms in total. The summed E-state index contributed by atoms with van der Waals surface area (Å²) in [5, 5.41) is 10.6. The SMILES string of the molecule is CCCCCCCCCCCCCCC(=O)OC[C@H](COP(=O)(O)OC[C@H](O)COP(=O)(O)OC[C@@H](COC(=O)CCCCCCCCCCCCCC)OC(=O)CCCCCCCCCCCCCC(C)C)OC(=O)CCCCCCCCCCCCCC. The van der Waals surface area contributed by atoms with Crippen molar-refractivity contribution in [1.29, 1.82) is 0 Å². The summed E-state index contributed by atoms with van der Waals surface area (Å²) >= 11 is 0. The highest BCUT2D eigenvalue weighted by atomic mass is 31.2. The molecule has 0 heterocycles. The van der Waals surface area contributed by atoms with Crippen molar-refractivity contribution in [1.82, 2.24) is 0 Å². The fourth-order valence-corrected chi connectivity index (χ4v) is 12.4. The van der Waals surface area contributed by atoms with Crippen molar-refractivity contribution >= 4 is 39.5 Å². The summed E-state index contributed by atoms with van der Waals surface area (Å²) in [7, 11) is -9.90. The molecule has 5 atom stereocenters. The second-order valence-corrected chi connectivity index (χ2v) is 29.0. The number of esters is 4. The molecule has 0 spiro atoms. The maximum Gasteiger partial charge on any atom is 0.472 e. The van der Waals surface area contributed by atoms with E-state index in [-0.39, 0.29) is 25.7 Å². The number of aliphatic hydroxyl groups excluding tert-OH is 1. The van der Waals surface area contributed by atoms with Crippen LogP contribution in [0.3, 0.4) is 0 Å². The van der Waals surface area contributed by atoms with Gasteiger partial charge in [-0.2, -0.15) is 0 Å². The van der Waals surface area contributed by atoms with Gasteiger partial charge in [0.1, 0.15) is 19.3 Å². The molecular formula is C71H138O17P2. The van der Waals surface area contributed by atoms with Crippen molar-refractivity contribution in [3.63, 3.8) is 0 Å². The molecule has 19 heteroatoms. The lowest BCUT2D eigenvalue weighted by Crippen LogP contribution is -2.30. The Bertz CT molecular complexity index is 1740. The van der Waals surface area contributed by atoms with Gasteiger partial charge in [0.05, 0.1) is 26.4 Å². The van der Waals surface area contributed by atoms with Gasteiger partial charge >= 0.3 is 39.5 Å². The predicted octanol–water partition coefficient (Wildman–Crippen LogP) is 20.5. The summed E-state index contributed by atoms with van der Waals surface area (Å²) in [4.78, 5) is 72.6. The fraction of sp³-hybridized carbons (Fsp3) is 0.944. The van der Waals surface area contributed by atoms with Crippen LogP contribution in [0.4, 0.5) is 0 Å². The zero-order valence-electron chi connectivity index (χ0n) is 58.3. The lowest BCUT2D eigenvalue weighted by molar-refractivity contribution is -0.161. The molecule has 0 saturated carbocycles. The molecule has 0 aromatic rings. The van der Waals surface area contributed by atoms with E-state index in [0.29, 0.717) is 25.7 Å². The fourth-order valence-electron chi connectivity index (χ4n) is 10.8. The molecule has 0 aliphatic rings. The van der Waals surface area contributed by atoms with Gasteiger partial charge in [0.25, 0.3) is 0 Å². The average molecular weight is 1330 g/mol. The van der Waals surface area contributed by atoms with Gasteiger partial charge in [0, 0.05) is 25.7 Å². The minimum Gasteiger partial charge on any atom is -0.462 e. The molecule has 0 amide bonds. The normalized spacial score (nSPS) is 14.1. The molecule has 534 valence electrons. The third kappa shape index (κ3) is 64.8. The highest BCUT2D eigenvalue weighted by Gasteiger charge is 2.30. The van der Waals surface area contributed by atoms with Crippen LogP contribution in [0.25, 0.3) is 0 Å². The summed E-state index contributed by atoms with van der Waals surface area (Å²) in [6.45, 7) is 7.26. The Morgan fingerprint density at radius 3 is 0.756 bits per heavy atom. The highest BCUT2D eigenvalue weighted by molar-refractivity contribution is 7.47. The first-order valence-corrected chi connectivity index (χ1v) is 40.1. The Balaban J connectivity index is 5.25. The Kier molecular flexibility index (Phi) is 63.0. The van der Waals surface area contributed by atoms with Crippen molar-refractivity contribution in [3.05, 3.63) is 0 Å². The van der Waals surface area contributed by atoms with Crippen molar-refractivity contribution in [2.75, 3.05) is 39.6 Å². The number of rotatable bonds is 71. The standard InChI is InChI=1S/C71H138O17P2/c1-6-9-12-15-18-21-24-29-34-39-44-49-54-68(73)81-60-66(87-70(75)56-51-46-41-36-31-26-23-20-17-14-11-8-3)62-85-89(77,78)83-58-65(72)59-84-90(79,80)86-63-67(61-82-69(74)55-50-45-40-35-30-25-22-19-16-13-10-7-2)88-71(76)57-52-47-42-37-32-27-28-33-38-43-48-53-64(4)5/h64-67,72H,6-63H2,1-5H3,(H,77,78)(H,79,80)/t65-,66+,67+/m0/s1. The lowest BCUT2D eigenvalue weighted by Gasteiger charge is -2.21. The summed E-state index contributed by atoms with van der Waals surface area (Å²) in [6, 6.07) is 0. The average Bonchev–Trinajstić information content (AvgIpc) is 2.32. The van der Waals surface area contributed by atoms with Gasteiger partial charge in [0.15, 0.2) is 12.2 Å². The number of hydrogen-bond donors (Lipinski definition) is 3. The highest BCUT2D eigenvalue weighted by Crippen LogP contribution is 2.45. The van der Waals surface area contributed by atoms with Gasteiger partial charge in [-0.1, -0.05) is 317 Å². The number of ether oxygens (including phenoxy) is 4. The van der Waals surface area contributed by atoms with Gasteiger partial charge in [0.2, 0.25) is 0 Å². The Labute approximate surface area is 549 Å². The molecule has 0 rings (SSSR count). The minimum atomic E-state index is -4.95. The molecule has 0 fully saturated rings. The van der Waals surface area contributed by atoms with E-state index in [4.69, 9.17) is 37.0 Å². The smallest absolute Gasteiger partial charge is 0.462 e.